The van der Waals surface area contributed by atoms with Crippen LogP contribution in [0.3, 0.4) is 0 Å². The van der Waals surface area contributed by atoms with Crippen molar-refractivity contribution in [1.29, 1.82) is 0 Å². The first-order valence-electron chi connectivity index (χ1n) is 15.0. The van der Waals surface area contributed by atoms with Crippen molar-refractivity contribution in [3.8, 4) is 5.75 Å². The molecule has 3 aromatic rings. The summed E-state index contributed by atoms with van der Waals surface area (Å²) in [6.45, 7) is 7.60. The Labute approximate surface area is 261 Å². The maximum absolute atomic E-state index is 13.5. The van der Waals surface area contributed by atoms with E-state index in [2.05, 4.69) is 15.9 Å². The van der Waals surface area contributed by atoms with Crippen molar-refractivity contribution in [1.82, 2.24) is 9.55 Å². The highest BCUT2D eigenvalue weighted by Gasteiger charge is 2.53. The van der Waals surface area contributed by atoms with Crippen molar-refractivity contribution in [2.24, 2.45) is 4.99 Å². The zero-order valence-electron chi connectivity index (χ0n) is 25.6. The van der Waals surface area contributed by atoms with Crippen molar-refractivity contribution in [2.45, 2.75) is 44.8 Å². The van der Waals surface area contributed by atoms with Crippen LogP contribution in [0.1, 0.15) is 33.1 Å². The summed E-state index contributed by atoms with van der Waals surface area (Å²) >= 11 is 0. The Morgan fingerprint density at radius 3 is 2.42 bits per heavy atom. The molecule has 0 spiro atoms. The van der Waals surface area contributed by atoms with Gasteiger partial charge < -0.3 is 29.8 Å². The lowest BCUT2D eigenvalue weighted by molar-refractivity contribution is -0.325. The molecule has 2 heterocycles. The standard InChI is InChI=1S/C33H38N4O8/c1-22(2)37(45-30(40)21-33(43,32(41)42)20-29(38)39)28(34-27-12-11-23-7-4-5-10-26(23)31(27)37)13-14-35-15-17-36(18-16-35)24-8-6-9-25(19-24)44-3/h4-12,19,22,43H,13-18,20-21H2,1-3H3,(H-,38,39,41,42). The number of hydrogen-bond donors (Lipinski definition) is 2. The van der Waals surface area contributed by atoms with Gasteiger partial charge in [-0.05, 0) is 43.5 Å². The van der Waals surface area contributed by atoms with Gasteiger partial charge in [-0.3, -0.25) is 14.5 Å². The lowest BCUT2D eigenvalue weighted by atomic mass is 9.96. The fraction of sp³-hybridized carbons (Fsp3) is 0.394. The minimum Gasteiger partial charge on any atom is -0.547 e. The summed E-state index contributed by atoms with van der Waals surface area (Å²) in [4.78, 5) is 52.2. The van der Waals surface area contributed by atoms with Crippen molar-refractivity contribution in [2.75, 3.05) is 44.7 Å². The van der Waals surface area contributed by atoms with Crippen LogP contribution < -0.4 is 19.4 Å². The second-order valence-electron chi connectivity index (χ2n) is 11.7. The summed E-state index contributed by atoms with van der Waals surface area (Å²) in [6.07, 6.45) is -1.88. The average molecular weight is 619 g/mol. The normalized spacial score (nSPS) is 19.6. The number of amidine groups is 1. The highest BCUT2D eigenvalue weighted by molar-refractivity contribution is 6.11. The summed E-state index contributed by atoms with van der Waals surface area (Å²) in [5, 5.41) is 33.2. The lowest BCUT2D eigenvalue weighted by Gasteiger charge is -2.38. The number of ether oxygens (including phenoxy) is 1. The Balaban J connectivity index is 1.41. The van der Waals surface area contributed by atoms with Gasteiger partial charge in [-0.1, -0.05) is 35.0 Å². The summed E-state index contributed by atoms with van der Waals surface area (Å²) in [7, 11) is 1.65. The molecule has 2 atom stereocenters. The number of quaternary nitrogens is 1. The van der Waals surface area contributed by atoms with Gasteiger partial charge in [-0.25, -0.2) is 4.79 Å². The van der Waals surface area contributed by atoms with Crippen molar-refractivity contribution >= 4 is 51.6 Å². The van der Waals surface area contributed by atoms with Crippen LogP contribution in [0.5, 0.6) is 5.75 Å². The van der Waals surface area contributed by atoms with Crippen LogP contribution >= 0.6 is 0 Å². The fourth-order valence-corrected chi connectivity index (χ4v) is 6.19. The Bertz CT molecular complexity index is 1630. The molecule has 0 radical (unpaired) electrons. The van der Waals surface area contributed by atoms with E-state index >= 15 is 0 Å². The Morgan fingerprint density at radius 1 is 1.02 bits per heavy atom. The zero-order chi connectivity index (χ0) is 32.4. The number of aliphatic imine (C=N–C) groups is 1. The number of aliphatic hydroxyl groups is 1. The number of piperazine rings is 1. The SMILES string of the molecule is COc1cccc(N2CCN(CCC3=Nc4ccc5ccccc5c4[N+]3(OC(=O)CC(O)(CC(=O)O)C(=O)[O-])C(C)C)CC2)c1. The lowest BCUT2D eigenvalue weighted by Crippen LogP contribution is -2.60. The Hall–Kier alpha value is -4.52. The molecule has 1 fully saturated rings. The highest BCUT2D eigenvalue weighted by Crippen LogP contribution is 2.48. The van der Waals surface area contributed by atoms with Crippen molar-refractivity contribution in [3.05, 3.63) is 60.7 Å². The molecular formula is C33H38N4O8. The second kappa shape index (κ2) is 12.8. The highest BCUT2D eigenvalue weighted by atomic mass is 16.8. The molecule has 2 aliphatic rings. The first kappa shape index (κ1) is 31.9. The van der Waals surface area contributed by atoms with Crippen LogP contribution in [0, 0.1) is 0 Å². The van der Waals surface area contributed by atoms with Crippen LogP contribution in [-0.4, -0.2) is 90.3 Å². The maximum Gasteiger partial charge on any atom is 0.371 e. The first-order chi connectivity index (χ1) is 21.5. The van der Waals surface area contributed by atoms with Gasteiger partial charge in [-0.2, -0.15) is 4.99 Å². The van der Waals surface area contributed by atoms with Gasteiger partial charge in [0.2, 0.25) is 5.69 Å². The number of benzene rings is 3. The zero-order valence-corrected chi connectivity index (χ0v) is 25.6. The number of anilines is 1. The number of hydrogen-bond acceptors (Lipinski definition) is 10. The Morgan fingerprint density at radius 2 is 1.76 bits per heavy atom. The van der Waals surface area contributed by atoms with Crippen LogP contribution in [0.2, 0.25) is 0 Å². The van der Waals surface area contributed by atoms with E-state index in [9.17, 15) is 29.7 Å². The third kappa shape index (κ3) is 6.35. The number of rotatable bonds is 12. The van der Waals surface area contributed by atoms with Crippen molar-refractivity contribution in [3.63, 3.8) is 0 Å². The van der Waals surface area contributed by atoms with Gasteiger partial charge in [0.25, 0.3) is 5.84 Å². The van der Waals surface area contributed by atoms with E-state index in [4.69, 9.17) is 14.6 Å². The van der Waals surface area contributed by atoms with E-state index in [0.717, 1.165) is 48.4 Å². The monoisotopic (exact) mass is 618 g/mol. The number of methoxy groups -OCH3 is 1. The third-order valence-corrected chi connectivity index (χ3v) is 8.52. The number of carbonyl (C=O) groups excluding carboxylic acids is 2. The number of carboxylic acids is 2. The predicted molar refractivity (Wildman–Crippen MR) is 167 cm³/mol. The van der Waals surface area contributed by atoms with Gasteiger partial charge in [0.15, 0.2) is 0 Å². The van der Waals surface area contributed by atoms with Gasteiger partial charge in [-0.15, -0.1) is 0 Å². The van der Waals surface area contributed by atoms with Gasteiger partial charge in [0.1, 0.15) is 23.1 Å². The molecule has 0 bridgehead atoms. The number of nitrogens with zero attached hydrogens (tertiary/aromatic N) is 4. The molecule has 12 heteroatoms. The largest absolute Gasteiger partial charge is 0.547 e. The van der Waals surface area contributed by atoms with Crippen molar-refractivity contribution < 1.29 is 39.3 Å². The number of carboxylic acid groups (broad SMARTS) is 2. The van der Waals surface area contributed by atoms with E-state index in [0.29, 0.717) is 30.2 Å². The predicted octanol–water partition coefficient (Wildman–Crippen LogP) is 2.62. The smallest absolute Gasteiger partial charge is 0.371 e. The summed E-state index contributed by atoms with van der Waals surface area (Å²) in [5.74, 6) is -3.38. The molecular weight excluding hydrogens is 580 g/mol. The number of aliphatic carboxylic acids is 2. The molecule has 1 saturated heterocycles. The first-order valence-corrected chi connectivity index (χ1v) is 15.0. The minimum atomic E-state index is -2.94. The molecule has 2 N–H and O–H groups in total. The van der Waals surface area contributed by atoms with Gasteiger partial charge in [0, 0.05) is 49.9 Å². The number of fused-ring (bicyclic) bond motifs is 3. The fourth-order valence-electron chi connectivity index (χ4n) is 6.19. The molecule has 238 valence electrons. The average Bonchev–Trinajstić information content (AvgIpc) is 3.34. The topological polar surface area (TPSA) is 152 Å². The minimum absolute atomic E-state index is 0.403. The number of carbonyl (C=O) groups is 3. The van der Waals surface area contributed by atoms with Crippen LogP contribution in [-0.2, 0) is 19.2 Å². The third-order valence-electron chi connectivity index (χ3n) is 8.52. The summed E-state index contributed by atoms with van der Waals surface area (Å²) in [5.41, 5.74) is -0.595. The molecule has 3 aromatic carbocycles. The molecule has 45 heavy (non-hydrogen) atoms. The molecule has 5 rings (SSSR count). The molecule has 0 aromatic heterocycles. The van der Waals surface area contributed by atoms with Crippen LogP contribution in [0.25, 0.3) is 10.8 Å². The number of hydroxylamine groups is 2. The van der Waals surface area contributed by atoms with Gasteiger partial charge >= 0.3 is 11.9 Å². The van der Waals surface area contributed by atoms with E-state index in [1.165, 1.54) is 0 Å². The molecule has 2 unspecified atom stereocenters. The van der Waals surface area contributed by atoms with Gasteiger partial charge in [0.05, 0.1) is 32.3 Å². The van der Waals surface area contributed by atoms with Crippen LogP contribution in [0.15, 0.2) is 65.7 Å². The maximum atomic E-state index is 13.5. The van der Waals surface area contributed by atoms with E-state index < -0.39 is 47.0 Å². The molecule has 2 aliphatic heterocycles. The van der Waals surface area contributed by atoms with E-state index in [1.54, 1.807) is 7.11 Å². The van der Waals surface area contributed by atoms with Crippen LogP contribution in [0.4, 0.5) is 17.1 Å². The molecule has 0 aliphatic carbocycles. The van der Waals surface area contributed by atoms with E-state index in [1.807, 2.05) is 68.4 Å². The quantitative estimate of drug-likeness (QED) is 0.290. The summed E-state index contributed by atoms with van der Waals surface area (Å²) < 4.78 is 4.94. The second-order valence-corrected chi connectivity index (χ2v) is 11.7. The summed E-state index contributed by atoms with van der Waals surface area (Å²) in [6, 6.07) is 19.0. The van der Waals surface area contributed by atoms with E-state index in [-0.39, 0.29) is 0 Å². The Kier molecular flexibility index (Phi) is 9.10. The molecule has 12 nitrogen and oxygen atoms in total. The molecule has 0 amide bonds. The molecule has 0 saturated carbocycles.